The van der Waals surface area contributed by atoms with Gasteiger partial charge in [-0.25, -0.2) is 4.98 Å². The lowest BCUT2D eigenvalue weighted by molar-refractivity contribution is 1.09. The molecule has 0 aliphatic carbocycles. The Balaban J connectivity index is 2.10. The minimum Gasteiger partial charge on any atom is -0.370 e. The number of fused-ring (bicyclic) bond motifs is 1. The van der Waals surface area contributed by atoms with Gasteiger partial charge in [-0.3, -0.25) is 9.98 Å². The van der Waals surface area contributed by atoms with Gasteiger partial charge >= 0.3 is 0 Å². The third-order valence-corrected chi connectivity index (χ3v) is 3.16. The Bertz CT molecular complexity index is 727. The Morgan fingerprint density at radius 1 is 1.30 bits per heavy atom. The highest BCUT2D eigenvalue weighted by Gasteiger charge is 2.22. The molecular formula is C15H13N5. The van der Waals surface area contributed by atoms with Gasteiger partial charge in [0.05, 0.1) is 29.6 Å². The van der Waals surface area contributed by atoms with E-state index in [0.29, 0.717) is 12.1 Å². The molecule has 1 N–H and O–H groups in total. The monoisotopic (exact) mass is 263 g/mol. The smallest absolute Gasteiger partial charge is 0.135 e. The summed E-state index contributed by atoms with van der Waals surface area (Å²) >= 11 is 0. The first-order chi connectivity index (χ1) is 9.83. The highest BCUT2D eigenvalue weighted by Crippen LogP contribution is 2.27. The number of hydrogen-bond donors (Lipinski definition) is 1. The van der Waals surface area contributed by atoms with Crippen LogP contribution in [0, 0.1) is 11.3 Å². The molecule has 0 bridgehead atoms. The third kappa shape index (κ3) is 2.01. The van der Waals surface area contributed by atoms with Gasteiger partial charge in [0, 0.05) is 24.5 Å². The first-order valence-corrected chi connectivity index (χ1v) is 6.46. The summed E-state index contributed by atoms with van der Waals surface area (Å²) in [6.45, 7) is 3.45. The lowest BCUT2D eigenvalue weighted by atomic mass is 10.0. The Hall–Kier alpha value is -2.74. The average molecular weight is 263 g/mol. The molecule has 0 unspecified atom stereocenters. The molecule has 0 spiro atoms. The van der Waals surface area contributed by atoms with Crippen LogP contribution in [-0.4, -0.2) is 22.2 Å². The van der Waals surface area contributed by atoms with Crippen molar-refractivity contribution in [3.63, 3.8) is 0 Å². The summed E-state index contributed by atoms with van der Waals surface area (Å²) in [5, 5.41) is 12.2. The Morgan fingerprint density at radius 3 is 2.95 bits per heavy atom. The normalized spacial score (nSPS) is 12.5. The molecule has 0 atom stereocenters. The zero-order chi connectivity index (χ0) is 13.9. The molecule has 0 amide bonds. The van der Waals surface area contributed by atoms with E-state index in [2.05, 4.69) is 26.3 Å². The lowest BCUT2D eigenvalue weighted by Gasteiger charge is -2.10. The van der Waals surface area contributed by atoms with Crippen LogP contribution >= 0.6 is 0 Å². The van der Waals surface area contributed by atoms with Crippen LogP contribution in [-0.2, 0) is 6.54 Å². The fraction of sp³-hybridized carbons (Fsp3) is 0.200. The fourth-order valence-corrected chi connectivity index (χ4v) is 2.28. The lowest BCUT2D eigenvalue weighted by Crippen LogP contribution is -2.10. The van der Waals surface area contributed by atoms with E-state index in [-0.39, 0.29) is 0 Å². The minimum atomic E-state index is 0.583. The molecule has 2 aromatic heterocycles. The van der Waals surface area contributed by atoms with Crippen LogP contribution in [0.5, 0.6) is 0 Å². The van der Waals surface area contributed by atoms with Crippen molar-refractivity contribution in [1.29, 1.82) is 5.26 Å². The molecule has 0 fully saturated rings. The fourth-order valence-electron chi connectivity index (χ4n) is 2.28. The van der Waals surface area contributed by atoms with Crippen molar-refractivity contribution in [3.05, 3.63) is 53.0 Å². The summed E-state index contributed by atoms with van der Waals surface area (Å²) < 4.78 is 0. The van der Waals surface area contributed by atoms with Gasteiger partial charge in [-0.15, -0.1) is 0 Å². The SMILES string of the molecule is CCNc1nccc2c1C(c1cc(C#N)ccn1)=NC2. The quantitative estimate of drug-likeness (QED) is 0.920. The summed E-state index contributed by atoms with van der Waals surface area (Å²) in [4.78, 5) is 13.3. The maximum atomic E-state index is 9.00. The van der Waals surface area contributed by atoms with Crippen molar-refractivity contribution >= 4 is 11.5 Å². The number of rotatable bonds is 3. The summed E-state index contributed by atoms with van der Waals surface area (Å²) in [5.41, 5.74) is 4.24. The summed E-state index contributed by atoms with van der Waals surface area (Å²) in [5.74, 6) is 0.824. The molecule has 3 rings (SSSR count). The zero-order valence-corrected chi connectivity index (χ0v) is 11.1. The van der Waals surface area contributed by atoms with Crippen LogP contribution in [0.1, 0.15) is 29.3 Å². The molecule has 1 aliphatic heterocycles. The van der Waals surface area contributed by atoms with Crippen LogP contribution in [0.4, 0.5) is 5.82 Å². The predicted octanol–water partition coefficient (Wildman–Crippen LogP) is 2.13. The standard InChI is InChI=1S/C15H13N5/c1-2-17-15-13-11(4-6-19-15)9-20-14(13)12-7-10(8-16)3-5-18-12/h3-7H,2,9H2,1H3,(H,17,19). The molecule has 0 aromatic carbocycles. The molecule has 0 saturated heterocycles. The number of nitriles is 1. The van der Waals surface area contributed by atoms with E-state index in [1.807, 2.05) is 13.0 Å². The second-order valence-corrected chi connectivity index (χ2v) is 4.43. The molecule has 5 heteroatoms. The van der Waals surface area contributed by atoms with Crippen molar-refractivity contribution in [1.82, 2.24) is 9.97 Å². The summed E-state index contributed by atoms with van der Waals surface area (Å²) in [7, 11) is 0. The number of nitrogens with zero attached hydrogens (tertiary/aromatic N) is 4. The zero-order valence-electron chi connectivity index (χ0n) is 11.1. The van der Waals surface area contributed by atoms with E-state index >= 15 is 0 Å². The summed E-state index contributed by atoms with van der Waals surface area (Å²) in [6, 6.07) is 7.55. The minimum absolute atomic E-state index is 0.583. The molecule has 0 radical (unpaired) electrons. The highest BCUT2D eigenvalue weighted by molar-refractivity contribution is 6.16. The maximum Gasteiger partial charge on any atom is 0.135 e. The molecular weight excluding hydrogens is 250 g/mol. The van der Waals surface area contributed by atoms with Crippen molar-refractivity contribution < 1.29 is 0 Å². The number of aromatic nitrogens is 2. The van der Waals surface area contributed by atoms with E-state index in [1.54, 1.807) is 24.5 Å². The van der Waals surface area contributed by atoms with Crippen LogP contribution < -0.4 is 5.32 Å². The second kappa shape index (κ2) is 5.10. The first-order valence-electron chi connectivity index (χ1n) is 6.46. The van der Waals surface area contributed by atoms with Crippen molar-refractivity contribution in [2.45, 2.75) is 13.5 Å². The van der Waals surface area contributed by atoms with Gasteiger partial charge in [0.1, 0.15) is 5.82 Å². The average Bonchev–Trinajstić information content (AvgIpc) is 2.93. The summed E-state index contributed by atoms with van der Waals surface area (Å²) in [6.07, 6.45) is 3.42. The maximum absolute atomic E-state index is 9.00. The van der Waals surface area contributed by atoms with E-state index in [9.17, 15) is 0 Å². The van der Waals surface area contributed by atoms with Gasteiger partial charge < -0.3 is 5.32 Å². The Labute approximate surface area is 117 Å². The van der Waals surface area contributed by atoms with Gasteiger partial charge in [-0.05, 0) is 30.7 Å². The van der Waals surface area contributed by atoms with Gasteiger partial charge in [0.15, 0.2) is 0 Å². The van der Waals surface area contributed by atoms with Gasteiger partial charge in [0.25, 0.3) is 0 Å². The number of anilines is 1. The van der Waals surface area contributed by atoms with Crippen LogP contribution in [0.25, 0.3) is 0 Å². The topological polar surface area (TPSA) is 74.0 Å². The number of hydrogen-bond acceptors (Lipinski definition) is 5. The first kappa shape index (κ1) is 12.3. The number of aliphatic imine (C=N–C) groups is 1. The Morgan fingerprint density at radius 2 is 2.15 bits per heavy atom. The van der Waals surface area contributed by atoms with E-state index in [4.69, 9.17) is 5.26 Å². The Kier molecular flexibility index (Phi) is 3.13. The van der Waals surface area contributed by atoms with Crippen LogP contribution in [0.3, 0.4) is 0 Å². The van der Waals surface area contributed by atoms with Crippen LogP contribution in [0.15, 0.2) is 35.6 Å². The number of pyridine rings is 2. The molecule has 2 aromatic rings. The molecule has 0 saturated carbocycles. The number of nitrogens with one attached hydrogen (secondary N) is 1. The molecule has 20 heavy (non-hydrogen) atoms. The molecule has 98 valence electrons. The van der Waals surface area contributed by atoms with Gasteiger partial charge in [-0.2, -0.15) is 5.26 Å². The van der Waals surface area contributed by atoms with Gasteiger partial charge in [-0.1, -0.05) is 0 Å². The van der Waals surface area contributed by atoms with E-state index in [0.717, 1.165) is 34.9 Å². The van der Waals surface area contributed by atoms with Gasteiger partial charge in [0.2, 0.25) is 0 Å². The van der Waals surface area contributed by atoms with E-state index < -0.39 is 0 Å². The molecule has 5 nitrogen and oxygen atoms in total. The van der Waals surface area contributed by atoms with E-state index in [1.165, 1.54) is 0 Å². The second-order valence-electron chi connectivity index (χ2n) is 4.43. The highest BCUT2D eigenvalue weighted by atomic mass is 15.0. The molecule has 1 aliphatic rings. The predicted molar refractivity (Wildman–Crippen MR) is 76.7 cm³/mol. The molecule has 3 heterocycles. The van der Waals surface area contributed by atoms with Crippen LogP contribution in [0.2, 0.25) is 0 Å². The van der Waals surface area contributed by atoms with Crippen molar-refractivity contribution in [2.24, 2.45) is 4.99 Å². The van der Waals surface area contributed by atoms with Crippen molar-refractivity contribution in [3.8, 4) is 6.07 Å². The largest absolute Gasteiger partial charge is 0.370 e. The third-order valence-electron chi connectivity index (χ3n) is 3.16. The van der Waals surface area contributed by atoms with Crippen molar-refractivity contribution in [2.75, 3.05) is 11.9 Å².